The summed E-state index contributed by atoms with van der Waals surface area (Å²) in [4.78, 5) is 14.0. The highest BCUT2D eigenvalue weighted by Gasteiger charge is 2.42. The van der Waals surface area contributed by atoms with E-state index in [0.717, 1.165) is 16.0 Å². The molecule has 4 nitrogen and oxygen atoms in total. The Morgan fingerprint density at radius 2 is 1.62 bits per heavy atom. The van der Waals surface area contributed by atoms with Gasteiger partial charge in [0.15, 0.2) is 5.60 Å². The summed E-state index contributed by atoms with van der Waals surface area (Å²) in [5.41, 5.74) is 1.89. The third-order valence-electron chi connectivity index (χ3n) is 4.24. The summed E-state index contributed by atoms with van der Waals surface area (Å²) in [6.07, 6.45) is 2.00. The van der Waals surface area contributed by atoms with Crippen LogP contribution >= 0.6 is 11.8 Å². The average molecular weight is 388 g/mol. The number of carbonyl (C=O) groups excluding carboxylic acids is 1. The van der Waals surface area contributed by atoms with Crippen molar-refractivity contribution in [3.63, 3.8) is 0 Å². The van der Waals surface area contributed by atoms with Gasteiger partial charge in [-0.2, -0.15) is 0 Å². The zero-order valence-electron chi connectivity index (χ0n) is 14.8. The van der Waals surface area contributed by atoms with E-state index in [4.69, 9.17) is 4.74 Å². The number of ketones is 1. The summed E-state index contributed by atoms with van der Waals surface area (Å²) in [5.74, 6) is 0.439. The molecule has 1 unspecified atom stereocenters. The molecule has 0 aromatic heterocycles. The first kappa shape index (κ1) is 18.9. The largest absolute Gasteiger partial charge is 0.772 e. The lowest BCUT2D eigenvalue weighted by atomic mass is 9.92. The summed E-state index contributed by atoms with van der Waals surface area (Å²) in [6, 6.07) is 14.9. The number of ether oxygens (including phenoxy) is 1. The Bertz CT molecular complexity index is 881. The highest BCUT2D eigenvalue weighted by molar-refractivity contribution is 7.98. The molecule has 0 amide bonds. The smallest absolute Gasteiger partial charge is 0.210 e. The van der Waals surface area contributed by atoms with Crippen molar-refractivity contribution in [2.24, 2.45) is 0 Å². The van der Waals surface area contributed by atoms with E-state index in [1.807, 2.05) is 30.5 Å². The van der Waals surface area contributed by atoms with Gasteiger partial charge < -0.3 is 9.29 Å². The molecule has 0 N–H and O–H groups in total. The molecule has 1 aliphatic rings. The van der Waals surface area contributed by atoms with Crippen molar-refractivity contribution < 1.29 is 18.3 Å². The molecule has 0 fully saturated rings. The molecule has 0 saturated carbocycles. The van der Waals surface area contributed by atoms with Gasteiger partial charge in [-0.1, -0.05) is 47.5 Å². The number of carbonyl (C=O) groups is 1. The maximum Gasteiger partial charge on any atom is 0.210 e. The second-order valence-electron chi connectivity index (χ2n) is 6.52. The Morgan fingerprint density at radius 3 is 2.15 bits per heavy atom. The molecule has 6 heteroatoms. The van der Waals surface area contributed by atoms with Crippen molar-refractivity contribution in [3.8, 4) is 0 Å². The van der Waals surface area contributed by atoms with E-state index in [1.54, 1.807) is 49.9 Å². The van der Waals surface area contributed by atoms with Crippen LogP contribution in [0, 0.1) is 0 Å². The zero-order valence-corrected chi connectivity index (χ0v) is 16.4. The van der Waals surface area contributed by atoms with Gasteiger partial charge in [0.25, 0.3) is 0 Å². The number of hydrogen-bond donors (Lipinski definition) is 0. The van der Waals surface area contributed by atoms with Crippen molar-refractivity contribution >= 4 is 40.0 Å². The van der Waals surface area contributed by atoms with E-state index in [2.05, 4.69) is 0 Å². The number of Topliss-reactive ketones (excluding diaryl/α,β-unsaturated/α-hetero) is 1. The van der Waals surface area contributed by atoms with Gasteiger partial charge in [0.1, 0.15) is 5.76 Å². The molecule has 136 valence electrons. The Kier molecular flexibility index (Phi) is 5.37. The molecule has 0 saturated heterocycles. The lowest BCUT2D eigenvalue weighted by molar-refractivity contribution is -0.125. The van der Waals surface area contributed by atoms with Crippen LogP contribution in [0.5, 0.6) is 0 Å². The number of rotatable bonds is 5. The number of thioether (sulfide) groups is 1. The van der Waals surface area contributed by atoms with Crippen LogP contribution in [0.25, 0.3) is 11.3 Å². The highest BCUT2D eigenvalue weighted by Crippen LogP contribution is 2.41. The summed E-state index contributed by atoms with van der Waals surface area (Å²) in [5, 5.41) is 0. The van der Waals surface area contributed by atoms with Crippen LogP contribution in [-0.4, -0.2) is 26.4 Å². The minimum absolute atomic E-state index is 0.0341. The van der Waals surface area contributed by atoms with Gasteiger partial charge in [0, 0.05) is 16.2 Å². The minimum atomic E-state index is -2.13. The molecule has 3 rings (SSSR count). The van der Waals surface area contributed by atoms with E-state index in [9.17, 15) is 13.6 Å². The molecule has 1 aliphatic heterocycles. The van der Waals surface area contributed by atoms with Crippen LogP contribution in [0.4, 0.5) is 0 Å². The van der Waals surface area contributed by atoms with E-state index >= 15 is 0 Å². The van der Waals surface area contributed by atoms with Gasteiger partial charge in [-0.25, -0.2) is 0 Å². The Morgan fingerprint density at radius 1 is 1.04 bits per heavy atom. The van der Waals surface area contributed by atoms with Gasteiger partial charge in [-0.3, -0.25) is 9.00 Å². The monoisotopic (exact) mass is 387 g/mol. The van der Waals surface area contributed by atoms with Crippen LogP contribution < -0.4 is 0 Å². The molecule has 2 aromatic carbocycles. The van der Waals surface area contributed by atoms with Crippen molar-refractivity contribution in [1.82, 2.24) is 0 Å². The minimum Gasteiger partial charge on any atom is -0.772 e. The maximum atomic E-state index is 12.9. The van der Waals surface area contributed by atoms with Gasteiger partial charge >= 0.3 is 0 Å². The third-order valence-corrected chi connectivity index (χ3v) is 5.55. The standard InChI is InChI=1S/C20H20O4S2/c1-20(2)19(21)17(14-8-10-16(25-3)11-9-14)18(24-20)15-6-4-13(5-7-15)12-26(22)23/h4-11H,12H2,1-3H3,(H,22,23)/p-1. The lowest BCUT2D eigenvalue weighted by Gasteiger charge is -2.18. The molecule has 0 spiro atoms. The summed E-state index contributed by atoms with van der Waals surface area (Å²) in [7, 11) is 0. The van der Waals surface area contributed by atoms with E-state index in [-0.39, 0.29) is 11.5 Å². The summed E-state index contributed by atoms with van der Waals surface area (Å²) < 4.78 is 27.7. The zero-order chi connectivity index (χ0) is 18.9. The Labute approximate surface area is 159 Å². The van der Waals surface area contributed by atoms with Crippen LogP contribution in [0.15, 0.2) is 53.4 Å². The van der Waals surface area contributed by atoms with Gasteiger partial charge in [0.05, 0.1) is 5.57 Å². The lowest BCUT2D eigenvalue weighted by Crippen LogP contribution is -2.29. The van der Waals surface area contributed by atoms with E-state index < -0.39 is 16.7 Å². The van der Waals surface area contributed by atoms with Crippen LogP contribution in [0.1, 0.15) is 30.5 Å². The predicted molar refractivity (Wildman–Crippen MR) is 104 cm³/mol. The topological polar surface area (TPSA) is 66.4 Å². The average Bonchev–Trinajstić information content (AvgIpc) is 2.85. The number of hydrogen-bond acceptors (Lipinski definition) is 5. The molecule has 0 aliphatic carbocycles. The number of benzene rings is 2. The quantitative estimate of drug-likeness (QED) is 0.572. The van der Waals surface area contributed by atoms with Gasteiger partial charge in [-0.15, -0.1) is 11.8 Å². The van der Waals surface area contributed by atoms with Gasteiger partial charge in [0.2, 0.25) is 5.78 Å². The second kappa shape index (κ2) is 7.39. The fraction of sp³-hybridized carbons (Fsp3) is 0.250. The Balaban J connectivity index is 2.05. The molecule has 1 heterocycles. The fourth-order valence-corrected chi connectivity index (χ4v) is 3.74. The predicted octanol–water partition coefficient (Wildman–Crippen LogP) is 4.03. The molecular weight excluding hydrogens is 368 g/mol. The molecule has 1 atom stereocenters. The summed E-state index contributed by atoms with van der Waals surface area (Å²) in [6.45, 7) is 3.51. The van der Waals surface area contributed by atoms with Gasteiger partial charge in [-0.05, 0) is 43.4 Å². The van der Waals surface area contributed by atoms with Crippen molar-refractivity contribution in [2.75, 3.05) is 6.26 Å². The molecule has 0 bridgehead atoms. The van der Waals surface area contributed by atoms with Crippen molar-refractivity contribution in [3.05, 3.63) is 65.2 Å². The summed E-state index contributed by atoms with van der Waals surface area (Å²) >= 11 is -0.491. The first-order chi connectivity index (χ1) is 12.3. The van der Waals surface area contributed by atoms with Crippen LogP contribution in [0.3, 0.4) is 0 Å². The van der Waals surface area contributed by atoms with Crippen molar-refractivity contribution in [2.45, 2.75) is 30.1 Å². The SMILES string of the molecule is CSc1ccc(C2=C(c3ccc(CS(=O)[O-])cc3)OC(C)(C)C2=O)cc1. The fourth-order valence-electron chi connectivity index (χ4n) is 2.87. The first-order valence-corrected chi connectivity index (χ1v) is 10.6. The maximum absolute atomic E-state index is 12.9. The molecule has 2 aromatic rings. The first-order valence-electron chi connectivity index (χ1n) is 8.09. The molecule has 0 radical (unpaired) electrons. The molecular formula is C20H19O4S2-. The van der Waals surface area contributed by atoms with E-state index in [1.165, 1.54) is 0 Å². The van der Waals surface area contributed by atoms with Crippen LogP contribution in [-0.2, 0) is 26.4 Å². The normalized spacial score (nSPS) is 17.3. The third kappa shape index (κ3) is 3.77. The molecule has 26 heavy (non-hydrogen) atoms. The second-order valence-corrected chi connectivity index (χ2v) is 8.29. The van der Waals surface area contributed by atoms with Crippen LogP contribution in [0.2, 0.25) is 0 Å². The Hall–Kier alpha value is -1.89. The van der Waals surface area contributed by atoms with E-state index in [0.29, 0.717) is 16.9 Å². The highest BCUT2D eigenvalue weighted by atomic mass is 32.2. The van der Waals surface area contributed by atoms with Crippen molar-refractivity contribution in [1.29, 1.82) is 0 Å².